The highest BCUT2D eigenvalue weighted by Gasteiger charge is 2.25. The number of aromatic nitrogens is 2. The van der Waals surface area contributed by atoms with Crippen molar-refractivity contribution in [2.75, 3.05) is 5.32 Å². The van der Waals surface area contributed by atoms with Crippen molar-refractivity contribution >= 4 is 11.6 Å². The molecule has 0 saturated heterocycles. The Bertz CT molecular complexity index is 682. The van der Waals surface area contributed by atoms with E-state index in [1.807, 2.05) is 30.3 Å². The van der Waals surface area contributed by atoms with Gasteiger partial charge in [0.05, 0.1) is 5.69 Å². The first kappa shape index (κ1) is 14.7. The van der Waals surface area contributed by atoms with Crippen LogP contribution in [0.25, 0.3) is 0 Å². The van der Waals surface area contributed by atoms with Gasteiger partial charge in [0.1, 0.15) is 0 Å². The molecule has 3 rings (SSSR count). The zero-order valence-corrected chi connectivity index (χ0v) is 13.3. The van der Waals surface area contributed by atoms with Gasteiger partial charge in [-0.3, -0.25) is 4.79 Å². The lowest BCUT2D eigenvalue weighted by Gasteiger charge is -2.22. The minimum atomic E-state index is -0.216. The number of carbonyl (C=O) groups is 1. The minimum absolute atomic E-state index is 0.0363. The molecule has 1 aromatic carbocycles. The fraction of sp³-hybridized carbons (Fsp3) is 0.389. The van der Waals surface area contributed by atoms with Crippen molar-refractivity contribution in [1.82, 2.24) is 10.2 Å². The third kappa shape index (κ3) is 3.16. The third-order valence-corrected chi connectivity index (χ3v) is 3.90. The molecule has 4 heteroatoms. The van der Waals surface area contributed by atoms with Crippen LogP contribution in [0.3, 0.4) is 0 Å². The van der Waals surface area contributed by atoms with Crippen LogP contribution in [0.5, 0.6) is 0 Å². The lowest BCUT2D eigenvalue weighted by atomic mass is 9.86. The van der Waals surface area contributed by atoms with Crippen LogP contribution in [-0.2, 0) is 5.41 Å². The van der Waals surface area contributed by atoms with Gasteiger partial charge in [0.15, 0.2) is 5.69 Å². The average molecular weight is 295 g/mol. The SMILES string of the molecule is CC(C)(C)c1ccccc1NC(=O)c1ccc(C2CC2)nn1. The largest absolute Gasteiger partial charge is 0.320 e. The smallest absolute Gasteiger partial charge is 0.276 e. The van der Waals surface area contributed by atoms with E-state index in [1.54, 1.807) is 6.07 Å². The van der Waals surface area contributed by atoms with E-state index in [9.17, 15) is 4.79 Å². The molecule has 4 nitrogen and oxygen atoms in total. The summed E-state index contributed by atoms with van der Waals surface area (Å²) in [6.07, 6.45) is 2.36. The fourth-order valence-corrected chi connectivity index (χ4v) is 2.49. The first-order valence-corrected chi connectivity index (χ1v) is 7.69. The van der Waals surface area contributed by atoms with Crippen molar-refractivity contribution in [3.63, 3.8) is 0 Å². The maximum absolute atomic E-state index is 12.4. The first-order valence-electron chi connectivity index (χ1n) is 7.69. The van der Waals surface area contributed by atoms with Crippen molar-refractivity contribution in [3.8, 4) is 0 Å². The van der Waals surface area contributed by atoms with Gasteiger partial charge >= 0.3 is 0 Å². The summed E-state index contributed by atoms with van der Waals surface area (Å²) in [4.78, 5) is 12.4. The maximum atomic E-state index is 12.4. The number of hydrogen-bond acceptors (Lipinski definition) is 3. The van der Waals surface area contributed by atoms with E-state index in [0.29, 0.717) is 11.6 Å². The molecule has 22 heavy (non-hydrogen) atoms. The van der Waals surface area contributed by atoms with E-state index in [-0.39, 0.29) is 11.3 Å². The zero-order chi connectivity index (χ0) is 15.7. The molecule has 1 N–H and O–H groups in total. The maximum Gasteiger partial charge on any atom is 0.276 e. The number of hydrogen-bond donors (Lipinski definition) is 1. The van der Waals surface area contributed by atoms with Crippen LogP contribution in [0.15, 0.2) is 36.4 Å². The lowest BCUT2D eigenvalue weighted by Crippen LogP contribution is -2.19. The summed E-state index contributed by atoms with van der Waals surface area (Å²) in [6, 6.07) is 11.5. The molecule has 0 bridgehead atoms. The quantitative estimate of drug-likeness (QED) is 0.934. The van der Waals surface area contributed by atoms with Crippen molar-refractivity contribution in [2.45, 2.75) is 44.9 Å². The van der Waals surface area contributed by atoms with Gasteiger partial charge in [-0.1, -0.05) is 39.0 Å². The van der Waals surface area contributed by atoms with Gasteiger partial charge in [-0.15, -0.1) is 5.10 Å². The Morgan fingerprint density at radius 1 is 1.09 bits per heavy atom. The van der Waals surface area contributed by atoms with Crippen LogP contribution in [0.2, 0.25) is 0 Å². The Kier molecular flexibility index (Phi) is 3.69. The van der Waals surface area contributed by atoms with Gasteiger partial charge < -0.3 is 5.32 Å². The first-order chi connectivity index (χ1) is 10.4. The Hall–Kier alpha value is -2.23. The predicted octanol–water partition coefficient (Wildman–Crippen LogP) is 3.90. The van der Waals surface area contributed by atoms with Gasteiger partial charge in [0, 0.05) is 11.6 Å². The molecule has 0 atom stereocenters. The average Bonchev–Trinajstić information content (AvgIpc) is 3.31. The molecule has 114 valence electrons. The van der Waals surface area contributed by atoms with E-state index >= 15 is 0 Å². The molecule has 0 spiro atoms. The van der Waals surface area contributed by atoms with E-state index in [0.717, 1.165) is 16.9 Å². The van der Waals surface area contributed by atoms with Crippen LogP contribution in [0.4, 0.5) is 5.69 Å². The summed E-state index contributed by atoms with van der Waals surface area (Å²) >= 11 is 0. The molecule has 1 saturated carbocycles. The summed E-state index contributed by atoms with van der Waals surface area (Å²) in [5, 5.41) is 11.2. The van der Waals surface area contributed by atoms with Gasteiger partial charge in [0.2, 0.25) is 0 Å². The van der Waals surface area contributed by atoms with Crippen LogP contribution in [-0.4, -0.2) is 16.1 Å². The summed E-state index contributed by atoms with van der Waals surface area (Å²) in [7, 11) is 0. The molecule has 1 fully saturated rings. The zero-order valence-electron chi connectivity index (χ0n) is 13.3. The predicted molar refractivity (Wildman–Crippen MR) is 87.1 cm³/mol. The van der Waals surface area contributed by atoms with Gasteiger partial charge in [-0.2, -0.15) is 5.10 Å². The second-order valence-corrected chi connectivity index (χ2v) is 6.87. The van der Waals surface area contributed by atoms with Crippen molar-refractivity contribution in [3.05, 3.63) is 53.3 Å². The normalized spacial score (nSPS) is 14.7. The molecule has 2 aromatic rings. The van der Waals surface area contributed by atoms with Crippen LogP contribution in [0.1, 0.15) is 61.3 Å². The Morgan fingerprint density at radius 3 is 2.41 bits per heavy atom. The number of nitrogens with one attached hydrogen (secondary N) is 1. The molecule has 0 aliphatic heterocycles. The molecule has 1 aliphatic rings. The molecule has 0 radical (unpaired) electrons. The van der Waals surface area contributed by atoms with Crippen molar-refractivity contribution in [2.24, 2.45) is 0 Å². The van der Waals surface area contributed by atoms with E-state index in [4.69, 9.17) is 0 Å². The molecule has 0 unspecified atom stereocenters. The number of para-hydroxylation sites is 1. The monoisotopic (exact) mass is 295 g/mol. The summed E-state index contributed by atoms with van der Waals surface area (Å²) in [5.74, 6) is 0.331. The van der Waals surface area contributed by atoms with Crippen LogP contribution < -0.4 is 5.32 Å². The van der Waals surface area contributed by atoms with E-state index < -0.39 is 0 Å². The highest BCUT2D eigenvalue weighted by Crippen LogP contribution is 2.38. The number of amides is 1. The number of rotatable bonds is 3. The molecule has 1 aromatic heterocycles. The van der Waals surface area contributed by atoms with Crippen molar-refractivity contribution in [1.29, 1.82) is 0 Å². The second kappa shape index (κ2) is 5.52. The highest BCUT2D eigenvalue weighted by atomic mass is 16.1. The number of carbonyl (C=O) groups excluding carboxylic acids is 1. The number of nitrogens with zero attached hydrogens (tertiary/aromatic N) is 2. The molecule has 1 heterocycles. The number of anilines is 1. The van der Waals surface area contributed by atoms with Gasteiger partial charge in [-0.25, -0.2) is 0 Å². The lowest BCUT2D eigenvalue weighted by molar-refractivity contribution is 0.102. The van der Waals surface area contributed by atoms with Gasteiger partial charge in [0.25, 0.3) is 5.91 Å². The molecular formula is C18H21N3O. The van der Waals surface area contributed by atoms with Crippen molar-refractivity contribution < 1.29 is 4.79 Å². The third-order valence-electron chi connectivity index (χ3n) is 3.90. The summed E-state index contributed by atoms with van der Waals surface area (Å²) < 4.78 is 0. The Morgan fingerprint density at radius 2 is 1.82 bits per heavy atom. The topological polar surface area (TPSA) is 54.9 Å². The fourth-order valence-electron chi connectivity index (χ4n) is 2.49. The number of benzene rings is 1. The Balaban J connectivity index is 1.79. The summed E-state index contributed by atoms with van der Waals surface area (Å²) in [5.41, 5.74) is 3.24. The second-order valence-electron chi connectivity index (χ2n) is 6.87. The van der Waals surface area contributed by atoms with E-state index in [2.05, 4.69) is 36.3 Å². The van der Waals surface area contributed by atoms with E-state index in [1.165, 1.54) is 12.8 Å². The molecule has 1 aliphatic carbocycles. The van der Waals surface area contributed by atoms with Crippen LogP contribution >= 0.6 is 0 Å². The summed E-state index contributed by atoms with van der Waals surface area (Å²) in [6.45, 7) is 6.38. The highest BCUT2D eigenvalue weighted by molar-refractivity contribution is 6.03. The standard InChI is InChI=1S/C18H21N3O/c1-18(2,3)13-6-4-5-7-15(13)19-17(22)16-11-10-14(20-21-16)12-8-9-12/h4-7,10-12H,8-9H2,1-3H3,(H,19,22). The van der Waals surface area contributed by atoms with Gasteiger partial charge in [-0.05, 0) is 42.0 Å². The Labute approximate surface area is 131 Å². The van der Waals surface area contributed by atoms with Crippen LogP contribution in [0, 0.1) is 0 Å². The molecular weight excluding hydrogens is 274 g/mol. The molecule has 1 amide bonds. The minimum Gasteiger partial charge on any atom is -0.320 e.